The van der Waals surface area contributed by atoms with Crippen molar-refractivity contribution in [1.82, 2.24) is 14.8 Å². The molecule has 1 fully saturated rings. The fourth-order valence-corrected chi connectivity index (χ4v) is 5.17. The van der Waals surface area contributed by atoms with E-state index in [0.29, 0.717) is 68.2 Å². The number of nitriles is 1. The zero-order valence-electron chi connectivity index (χ0n) is 24.0. The van der Waals surface area contributed by atoms with Gasteiger partial charge in [-0.3, -0.25) is 4.98 Å². The fourth-order valence-electron chi connectivity index (χ4n) is 4.89. The molecule has 5 rings (SSSR count). The minimum Gasteiger partial charge on any atom is -0.493 e. The molecule has 2 heterocycles. The molecule has 4 aromatic rings. The molecule has 0 unspecified atom stereocenters. The molecule has 42 heavy (non-hydrogen) atoms. The number of hydrogen-bond donors (Lipinski definition) is 1. The molecule has 1 aliphatic rings. The molecule has 10 heteroatoms. The molecule has 3 aromatic carbocycles. The number of aromatic nitrogens is 1. The van der Waals surface area contributed by atoms with Gasteiger partial charge in [0.1, 0.15) is 16.8 Å². The Morgan fingerprint density at radius 2 is 1.76 bits per heavy atom. The third-order valence-corrected chi connectivity index (χ3v) is 7.62. The van der Waals surface area contributed by atoms with Crippen LogP contribution < -0.4 is 24.3 Å². The molecule has 0 spiro atoms. The highest BCUT2D eigenvalue weighted by Crippen LogP contribution is 2.44. The molecule has 0 bridgehead atoms. The van der Waals surface area contributed by atoms with E-state index in [1.807, 2.05) is 42.5 Å². The minimum atomic E-state index is 0.312. The lowest BCUT2D eigenvalue weighted by molar-refractivity contribution is 0.145. The smallest absolute Gasteiger partial charge is 0.182 e. The van der Waals surface area contributed by atoms with E-state index in [4.69, 9.17) is 30.5 Å². The van der Waals surface area contributed by atoms with E-state index in [1.165, 1.54) is 13.3 Å². The third kappa shape index (κ3) is 6.63. The van der Waals surface area contributed by atoms with Crippen LogP contribution in [0, 0.1) is 11.3 Å². The van der Waals surface area contributed by atoms with Crippen molar-refractivity contribution >= 4 is 33.9 Å². The van der Waals surface area contributed by atoms with Gasteiger partial charge in [-0.05, 0) is 43.8 Å². The molecule has 0 amide bonds. The number of hydrogen-bond acceptors (Lipinski definition) is 9. The number of nitrogens with zero attached hydrogens (tertiary/aromatic N) is 4. The molecular weight excluding hydrogens is 554 g/mol. The van der Waals surface area contributed by atoms with E-state index >= 15 is 0 Å². The van der Waals surface area contributed by atoms with Crippen LogP contribution in [0.4, 0.5) is 11.4 Å². The summed E-state index contributed by atoms with van der Waals surface area (Å²) < 4.78 is 23.4. The summed E-state index contributed by atoms with van der Waals surface area (Å²) in [5, 5.41) is 14.2. The fraction of sp³-hybridized carbons (Fsp3) is 0.312. The second-order valence-electron chi connectivity index (χ2n) is 10.0. The maximum Gasteiger partial charge on any atom is 0.182 e. The molecule has 0 saturated carbocycles. The minimum absolute atomic E-state index is 0.312. The number of nitrogens with one attached hydrogen (secondary N) is 1. The Bertz CT molecular complexity index is 1570. The van der Waals surface area contributed by atoms with Gasteiger partial charge in [0.05, 0.1) is 43.3 Å². The van der Waals surface area contributed by atoms with Gasteiger partial charge in [-0.1, -0.05) is 29.8 Å². The first kappa shape index (κ1) is 29.3. The van der Waals surface area contributed by atoms with Crippen LogP contribution in [0.3, 0.4) is 0 Å². The summed E-state index contributed by atoms with van der Waals surface area (Å²) in [6, 6.07) is 18.8. The number of likely N-dealkylation sites (N-methyl/N-ethyl adjacent to an activating group) is 1. The topological polar surface area (TPSA) is 92.1 Å². The molecule has 0 atom stereocenters. The molecule has 0 aliphatic carbocycles. The Hall–Kier alpha value is -4.23. The highest BCUT2D eigenvalue weighted by molar-refractivity contribution is 6.35. The van der Waals surface area contributed by atoms with Gasteiger partial charge in [0.2, 0.25) is 0 Å². The quantitative estimate of drug-likeness (QED) is 0.202. The first-order valence-corrected chi connectivity index (χ1v) is 14.2. The van der Waals surface area contributed by atoms with Crippen molar-refractivity contribution in [3.05, 3.63) is 71.4 Å². The van der Waals surface area contributed by atoms with Gasteiger partial charge in [0.25, 0.3) is 0 Å². The van der Waals surface area contributed by atoms with Crippen molar-refractivity contribution < 1.29 is 18.9 Å². The largest absolute Gasteiger partial charge is 0.493 e. The van der Waals surface area contributed by atoms with Gasteiger partial charge in [-0.25, -0.2) is 0 Å². The van der Waals surface area contributed by atoms with Crippen LogP contribution in [0.1, 0.15) is 12.0 Å². The summed E-state index contributed by atoms with van der Waals surface area (Å²) >= 11 is 6.78. The molecule has 1 aromatic heterocycles. The lowest BCUT2D eigenvalue weighted by atomic mass is 10.1. The summed E-state index contributed by atoms with van der Waals surface area (Å²) in [6.45, 7) is 5.89. The Labute approximate surface area is 251 Å². The normalized spacial score (nSPS) is 13.9. The average molecular weight is 588 g/mol. The maximum absolute atomic E-state index is 9.91. The van der Waals surface area contributed by atoms with Crippen LogP contribution >= 0.6 is 11.6 Å². The summed E-state index contributed by atoms with van der Waals surface area (Å²) in [5.41, 5.74) is 2.09. The van der Waals surface area contributed by atoms with E-state index in [2.05, 4.69) is 33.2 Å². The van der Waals surface area contributed by atoms with Gasteiger partial charge in [0, 0.05) is 50.4 Å². The zero-order valence-corrected chi connectivity index (χ0v) is 24.8. The number of methoxy groups -OCH3 is 2. The van der Waals surface area contributed by atoms with Crippen molar-refractivity contribution in [3.8, 4) is 34.8 Å². The lowest BCUT2D eigenvalue weighted by Gasteiger charge is -2.32. The predicted octanol–water partition coefficient (Wildman–Crippen LogP) is 6.33. The number of halogens is 1. The van der Waals surface area contributed by atoms with E-state index in [-0.39, 0.29) is 0 Å². The Morgan fingerprint density at radius 1 is 0.976 bits per heavy atom. The van der Waals surface area contributed by atoms with Crippen LogP contribution in [-0.2, 0) is 0 Å². The number of fused-ring (bicyclic) bond motifs is 1. The van der Waals surface area contributed by atoms with Crippen LogP contribution in [0.25, 0.3) is 10.9 Å². The van der Waals surface area contributed by atoms with E-state index in [0.717, 1.165) is 39.1 Å². The standard InChI is InChI=1S/C32H34ClN5O4/c1-37-13-15-38(16-14-37)12-7-17-41-29-19-26-24(18-28(29)39-2)31(22(20-34)21-35-26)36-25-10-11-27(32(40-3)30(25)33)42-23-8-5-4-6-9-23/h4-6,8-11,18-19,21H,7,12-17H2,1-3H3,(H,35,36). The van der Waals surface area contributed by atoms with E-state index in [1.54, 1.807) is 19.2 Å². The highest BCUT2D eigenvalue weighted by atomic mass is 35.5. The maximum atomic E-state index is 9.91. The third-order valence-electron chi connectivity index (χ3n) is 7.24. The van der Waals surface area contributed by atoms with Crippen molar-refractivity contribution in [2.45, 2.75) is 6.42 Å². The number of piperazine rings is 1. The summed E-state index contributed by atoms with van der Waals surface area (Å²) in [6.07, 6.45) is 2.44. The van der Waals surface area contributed by atoms with Crippen molar-refractivity contribution in [2.24, 2.45) is 0 Å². The molecule has 1 N–H and O–H groups in total. The molecule has 1 saturated heterocycles. The number of benzene rings is 3. The van der Waals surface area contributed by atoms with E-state index in [9.17, 15) is 5.26 Å². The number of pyridine rings is 1. The summed E-state index contributed by atoms with van der Waals surface area (Å²) in [7, 11) is 5.28. The molecular formula is C32H34ClN5O4. The van der Waals surface area contributed by atoms with E-state index < -0.39 is 0 Å². The number of anilines is 2. The second-order valence-corrected chi connectivity index (χ2v) is 10.4. The summed E-state index contributed by atoms with van der Waals surface area (Å²) in [5.74, 6) is 2.65. The monoisotopic (exact) mass is 587 g/mol. The molecule has 218 valence electrons. The SMILES string of the molecule is COc1cc2c(Nc3ccc(Oc4ccccc4)c(OC)c3Cl)c(C#N)cnc2cc1OCCCN1CCN(C)CC1. The first-order chi connectivity index (χ1) is 20.5. The highest BCUT2D eigenvalue weighted by Gasteiger charge is 2.19. The Morgan fingerprint density at radius 3 is 2.48 bits per heavy atom. The van der Waals surface area contributed by atoms with Gasteiger partial charge in [0.15, 0.2) is 23.0 Å². The van der Waals surface area contributed by atoms with Crippen LogP contribution in [0.5, 0.6) is 28.7 Å². The van der Waals surface area contributed by atoms with Gasteiger partial charge >= 0.3 is 0 Å². The summed E-state index contributed by atoms with van der Waals surface area (Å²) in [4.78, 5) is 9.34. The Kier molecular flexibility index (Phi) is 9.49. The van der Waals surface area contributed by atoms with Crippen LogP contribution in [0.2, 0.25) is 5.02 Å². The zero-order chi connectivity index (χ0) is 29.5. The van der Waals surface area contributed by atoms with Crippen molar-refractivity contribution in [1.29, 1.82) is 5.26 Å². The lowest BCUT2D eigenvalue weighted by Crippen LogP contribution is -2.44. The molecule has 1 aliphatic heterocycles. The first-order valence-electron chi connectivity index (χ1n) is 13.8. The van der Waals surface area contributed by atoms with Crippen LogP contribution in [-0.4, -0.2) is 75.4 Å². The van der Waals surface area contributed by atoms with Gasteiger partial charge < -0.3 is 34.1 Å². The molecule has 0 radical (unpaired) electrons. The Balaban J connectivity index is 1.38. The van der Waals surface area contributed by atoms with Crippen molar-refractivity contribution in [3.63, 3.8) is 0 Å². The number of ether oxygens (including phenoxy) is 4. The van der Waals surface area contributed by atoms with Crippen LogP contribution in [0.15, 0.2) is 60.8 Å². The number of para-hydroxylation sites is 1. The second kappa shape index (κ2) is 13.6. The van der Waals surface area contributed by atoms with Gasteiger partial charge in [-0.15, -0.1) is 0 Å². The van der Waals surface area contributed by atoms with Gasteiger partial charge in [-0.2, -0.15) is 5.26 Å². The molecule has 9 nitrogen and oxygen atoms in total. The average Bonchev–Trinajstić information content (AvgIpc) is 3.01. The number of rotatable bonds is 11. The predicted molar refractivity (Wildman–Crippen MR) is 165 cm³/mol. The van der Waals surface area contributed by atoms with Crippen molar-refractivity contribution in [2.75, 3.05) is 65.9 Å².